The van der Waals surface area contributed by atoms with Gasteiger partial charge in [-0.1, -0.05) is 18.2 Å². The SMILES string of the molecule is CCOc1ccccc1OCCCc1ccnc(C(=O)N[C@@H]2CCC[C@H](Nc3nc(C4=CCc5ncc(F)cc54)ncc3F)C2)c1. The number of pyridine rings is 2. The van der Waals surface area contributed by atoms with Crippen molar-refractivity contribution in [3.8, 4) is 11.5 Å². The van der Waals surface area contributed by atoms with E-state index < -0.39 is 11.6 Å². The minimum absolute atomic E-state index is 0.0837. The number of hydrogen-bond acceptors (Lipinski definition) is 8. The van der Waals surface area contributed by atoms with Gasteiger partial charge in [0.25, 0.3) is 5.91 Å². The van der Waals surface area contributed by atoms with Gasteiger partial charge in [0.15, 0.2) is 29.0 Å². The minimum Gasteiger partial charge on any atom is -0.490 e. The first-order chi connectivity index (χ1) is 22.5. The summed E-state index contributed by atoms with van der Waals surface area (Å²) in [5, 5.41) is 6.34. The Bertz CT molecular complexity index is 1730. The Hall–Kier alpha value is -4.93. The van der Waals surface area contributed by atoms with Gasteiger partial charge in [-0.25, -0.2) is 18.7 Å². The van der Waals surface area contributed by atoms with Gasteiger partial charge < -0.3 is 20.1 Å². The fraction of sp³-hybridized carbons (Fsp3) is 0.343. The van der Waals surface area contributed by atoms with Gasteiger partial charge in [-0.3, -0.25) is 14.8 Å². The van der Waals surface area contributed by atoms with Crippen molar-refractivity contribution < 1.29 is 23.0 Å². The van der Waals surface area contributed by atoms with Gasteiger partial charge in [0, 0.05) is 35.8 Å². The molecule has 4 aromatic rings. The smallest absolute Gasteiger partial charge is 0.270 e. The molecule has 3 aromatic heterocycles. The molecule has 0 aliphatic heterocycles. The number of aromatic nitrogens is 4. The monoisotopic (exact) mass is 626 g/mol. The summed E-state index contributed by atoms with van der Waals surface area (Å²) in [6, 6.07) is 12.5. The molecule has 1 aromatic carbocycles. The molecular weight excluding hydrogens is 590 g/mol. The number of nitrogens with zero attached hydrogens (tertiary/aromatic N) is 4. The zero-order chi connectivity index (χ0) is 31.9. The third-order valence-electron chi connectivity index (χ3n) is 8.14. The van der Waals surface area contributed by atoms with E-state index in [1.807, 2.05) is 49.4 Å². The quantitative estimate of drug-likeness (QED) is 0.182. The highest BCUT2D eigenvalue weighted by Gasteiger charge is 2.26. The lowest BCUT2D eigenvalue weighted by Gasteiger charge is -2.30. The molecule has 2 N–H and O–H groups in total. The maximum atomic E-state index is 14.8. The average Bonchev–Trinajstić information content (AvgIpc) is 3.48. The van der Waals surface area contributed by atoms with Gasteiger partial charge in [0.2, 0.25) is 0 Å². The molecule has 11 heteroatoms. The van der Waals surface area contributed by atoms with Crippen LogP contribution in [0.3, 0.4) is 0 Å². The number of allylic oxidation sites excluding steroid dienone is 1. The predicted octanol–water partition coefficient (Wildman–Crippen LogP) is 6.10. The van der Waals surface area contributed by atoms with E-state index in [1.165, 1.54) is 12.3 Å². The van der Waals surface area contributed by atoms with Crippen LogP contribution in [-0.4, -0.2) is 51.1 Å². The summed E-state index contributed by atoms with van der Waals surface area (Å²) in [5.74, 6) is 0.573. The van der Waals surface area contributed by atoms with Gasteiger partial charge in [-0.2, -0.15) is 0 Å². The molecule has 0 spiro atoms. The third kappa shape index (κ3) is 7.47. The molecule has 46 heavy (non-hydrogen) atoms. The number of aryl methyl sites for hydroxylation is 1. The second-order valence-corrected chi connectivity index (χ2v) is 11.4. The molecule has 0 bridgehead atoms. The Labute approximate surface area is 266 Å². The number of nitrogens with one attached hydrogen (secondary N) is 2. The number of fused-ring (bicyclic) bond motifs is 1. The minimum atomic E-state index is -0.573. The van der Waals surface area contributed by atoms with Gasteiger partial charge >= 0.3 is 0 Å². The highest BCUT2D eigenvalue weighted by Crippen LogP contribution is 2.32. The van der Waals surface area contributed by atoms with Crippen LogP contribution >= 0.6 is 0 Å². The molecule has 2 aliphatic rings. The first kappa shape index (κ1) is 31.1. The second kappa shape index (κ2) is 14.4. The lowest BCUT2D eigenvalue weighted by molar-refractivity contribution is 0.0921. The standard InChI is InChI=1S/C35H36F2N6O3/c1-2-45-31-10-3-4-11-32(31)46-16-6-7-22-14-15-38-30(17-22)35(44)42-25-9-5-8-24(19-25)41-34-28(37)21-40-33(43-34)26-12-13-29-27(26)18-23(36)20-39-29/h3-4,10-12,14-15,17-18,20-21,24-25H,2,5-9,13,16,19H2,1H3,(H,42,44)(H,40,41,43)/t24-,25+/m0/s1. The van der Waals surface area contributed by atoms with E-state index in [-0.39, 0.29) is 23.8 Å². The molecule has 2 atom stereocenters. The molecule has 3 heterocycles. The topological polar surface area (TPSA) is 111 Å². The van der Waals surface area contributed by atoms with E-state index >= 15 is 0 Å². The van der Waals surface area contributed by atoms with E-state index in [1.54, 1.807) is 6.20 Å². The van der Waals surface area contributed by atoms with E-state index in [0.717, 1.165) is 55.3 Å². The van der Waals surface area contributed by atoms with Crippen LogP contribution in [0.2, 0.25) is 0 Å². The zero-order valence-electron chi connectivity index (χ0n) is 25.6. The van der Waals surface area contributed by atoms with Gasteiger partial charge in [0.05, 0.1) is 31.3 Å². The Morgan fingerprint density at radius 1 is 1.00 bits per heavy atom. The fourth-order valence-electron chi connectivity index (χ4n) is 5.94. The second-order valence-electron chi connectivity index (χ2n) is 11.4. The fourth-order valence-corrected chi connectivity index (χ4v) is 5.94. The van der Waals surface area contributed by atoms with Crippen LogP contribution in [0.5, 0.6) is 11.5 Å². The van der Waals surface area contributed by atoms with Crippen LogP contribution in [0, 0.1) is 11.6 Å². The van der Waals surface area contributed by atoms with Crippen molar-refractivity contribution in [1.82, 2.24) is 25.3 Å². The predicted molar refractivity (Wildman–Crippen MR) is 170 cm³/mol. The summed E-state index contributed by atoms with van der Waals surface area (Å²) in [5.41, 5.74) is 3.34. The molecule has 1 amide bonds. The third-order valence-corrected chi connectivity index (χ3v) is 8.14. The number of carbonyl (C=O) groups excluding carboxylic acids is 1. The van der Waals surface area contributed by atoms with E-state index in [4.69, 9.17) is 9.47 Å². The molecule has 1 saturated carbocycles. The summed E-state index contributed by atoms with van der Waals surface area (Å²) in [6.07, 6.45) is 10.9. The van der Waals surface area contributed by atoms with Crippen LogP contribution in [-0.2, 0) is 12.8 Å². The zero-order valence-corrected chi connectivity index (χ0v) is 25.6. The number of anilines is 1. The van der Waals surface area contributed by atoms with Crippen molar-refractivity contribution in [2.45, 2.75) is 64.0 Å². The van der Waals surface area contributed by atoms with Crippen molar-refractivity contribution >= 4 is 17.3 Å². The lowest BCUT2D eigenvalue weighted by Crippen LogP contribution is -2.42. The first-order valence-corrected chi connectivity index (χ1v) is 15.7. The number of carbonyl (C=O) groups is 1. The van der Waals surface area contributed by atoms with Crippen molar-refractivity contribution in [3.05, 3.63) is 107 Å². The highest BCUT2D eigenvalue weighted by atomic mass is 19.1. The number of hydrogen-bond donors (Lipinski definition) is 2. The average molecular weight is 627 g/mol. The first-order valence-electron chi connectivity index (χ1n) is 15.7. The van der Waals surface area contributed by atoms with E-state index in [9.17, 15) is 13.6 Å². The number of halogens is 2. The number of para-hydroxylation sites is 2. The van der Waals surface area contributed by atoms with E-state index in [2.05, 4.69) is 30.6 Å². The Morgan fingerprint density at radius 2 is 1.83 bits per heavy atom. The van der Waals surface area contributed by atoms with Crippen LogP contribution in [0.15, 0.2) is 67.1 Å². The summed E-state index contributed by atoms with van der Waals surface area (Å²) in [7, 11) is 0. The van der Waals surface area contributed by atoms with Crippen LogP contribution in [0.1, 0.15) is 72.2 Å². The van der Waals surface area contributed by atoms with Gasteiger partial charge in [-0.05, 0) is 81.3 Å². The molecule has 238 valence electrons. The summed E-state index contributed by atoms with van der Waals surface area (Å²) in [6.45, 7) is 3.02. The normalized spacial score (nSPS) is 17.2. The summed E-state index contributed by atoms with van der Waals surface area (Å²) >= 11 is 0. The molecule has 6 rings (SSSR count). The summed E-state index contributed by atoms with van der Waals surface area (Å²) < 4.78 is 40.2. The number of ether oxygens (including phenoxy) is 2. The number of benzene rings is 1. The number of amides is 1. The maximum absolute atomic E-state index is 14.8. The lowest BCUT2D eigenvalue weighted by atomic mass is 9.90. The molecule has 1 fully saturated rings. The number of rotatable bonds is 12. The molecule has 9 nitrogen and oxygen atoms in total. The molecule has 2 aliphatic carbocycles. The van der Waals surface area contributed by atoms with Crippen LogP contribution in [0.4, 0.5) is 14.6 Å². The Balaban J connectivity index is 1.02. The molecule has 0 radical (unpaired) electrons. The van der Waals surface area contributed by atoms with Gasteiger partial charge in [0.1, 0.15) is 11.5 Å². The maximum Gasteiger partial charge on any atom is 0.270 e. The molecule has 0 saturated heterocycles. The van der Waals surface area contributed by atoms with Crippen molar-refractivity contribution in [2.24, 2.45) is 0 Å². The van der Waals surface area contributed by atoms with Crippen molar-refractivity contribution in [1.29, 1.82) is 0 Å². The van der Waals surface area contributed by atoms with Crippen molar-refractivity contribution in [3.63, 3.8) is 0 Å². The van der Waals surface area contributed by atoms with Crippen LogP contribution in [0.25, 0.3) is 5.57 Å². The largest absolute Gasteiger partial charge is 0.490 e. The Morgan fingerprint density at radius 3 is 2.67 bits per heavy atom. The summed E-state index contributed by atoms with van der Waals surface area (Å²) in [4.78, 5) is 30.2. The van der Waals surface area contributed by atoms with Crippen molar-refractivity contribution in [2.75, 3.05) is 18.5 Å². The molecular formula is C35H36F2N6O3. The van der Waals surface area contributed by atoms with E-state index in [0.29, 0.717) is 54.5 Å². The van der Waals surface area contributed by atoms with Crippen LogP contribution < -0.4 is 20.1 Å². The van der Waals surface area contributed by atoms with Gasteiger partial charge in [-0.15, -0.1) is 0 Å². The Kier molecular flexibility index (Phi) is 9.76. The highest BCUT2D eigenvalue weighted by molar-refractivity contribution is 5.92. The molecule has 0 unspecified atom stereocenters.